The van der Waals surface area contributed by atoms with Crippen LogP contribution in [0, 0.1) is 0 Å². The molecule has 544 valence electrons. The van der Waals surface area contributed by atoms with Crippen LogP contribution in [-0.4, -0.2) is 96.7 Å². The molecular formula is C75H132O17P2. The molecule has 3 N–H and O–H groups in total. The van der Waals surface area contributed by atoms with Crippen LogP contribution >= 0.6 is 15.6 Å². The Morgan fingerprint density at radius 2 is 0.564 bits per heavy atom. The summed E-state index contributed by atoms with van der Waals surface area (Å²) in [6.07, 6.45) is 67.3. The maximum Gasteiger partial charge on any atom is 0.472 e. The Hall–Kier alpha value is -3.76. The lowest BCUT2D eigenvalue weighted by atomic mass is 10.1. The van der Waals surface area contributed by atoms with Crippen LogP contribution in [0.3, 0.4) is 0 Å². The van der Waals surface area contributed by atoms with E-state index < -0.39 is 97.5 Å². The SMILES string of the molecule is CC/C=C\C/C=C\C/C=C\C/C=C\CCCCCCC(=O)OCC(COP(=O)(O)OCC(O)COP(=O)(O)OCC(COC(=O)CCCCCCC/C=C\C/C=C\CCCCC)OC(=O)CCCCCCCCCCCCC)OC(=O)CCCCCCC/C=C\CCCC. The molecule has 0 radical (unpaired) electrons. The van der Waals surface area contributed by atoms with Gasteiger partial charge in [0.25, 0.3) is 0 Å². The summed E-state index contributed by atoms with van der Waals surface area (Å²) >= 11 is 0. The number of phosphoric acid groups is 2. The van der Waals surface area contributed by atoms with Crippen molar-refractivity contribution in [3.63, 3.8) is 0 Å². The number of phosphoric ester groups is 2. The van der Waals surface area contributed by atoms with E-state index in [4.69, 9.17) is 37.0 Å². The molecular weight excluding hydrogens is 1230 g/mol. The first-order valence-electron chi connectivity index (χ1n) is 36.8. The summed E-state index contributed by atoms with van der Waals surface area (Å²) in [7, 11) is -9.94. The van der Waals surface area contributed by atoms with Crippen molar-refractivity contribution < 1.29 is 80.2 Å². The van der Waals surface area contributed by atoms with Gasteiger partial charge in [0, 0.05) is 25.7 Å². The lowest BCUT2D eigenvalue weighted by molar-refractivity contribution is -0.161. The van der Waals surface area contributed by atoms with E-state index in [-0.39, 0.29) is 25.7 Å². The van der Waals surface area contributed by atoms with Crippen molar-refractivity contribution in [2.75, 3.05) is 39.6 Å². The van der Waals surface area contributed by atoms with Crippen LogP contribution in [0.2, 0.25) is 0 Å². The smallest absolute Gasteiger partial charge is 0.462 e. The second kappa shape index (κ2) is 67.8. The molecule has 0 aromatic rings. The number of hydrogen-bond acceptors (Lipinski definition) is 15. The zero-order chi connectivity index (χ0) is 69.0. The van der Waals surface area contributed by atoms with Gasteiger partial charge in [-0.05, 0) is 116 Å². The Labute approximate surface area is 570 Å². The summed E-state index contributed by atoms with van der Waals surface area (Å²) in [6.45, 7) is 4.64. The Balaban J connectivity index is 5.31. The normalized spacial score (nSPS) is 14.5. The summed E-state index contributed by atoms with van der Waals surface area (Å²) in [4.78, 5) is 72.6. The average molecular weight is 1370 g/mol. The topological polar surface area (TPSA) is 237 Å². The molecule has 0 spiro atoms. The zero-order valence-corrected chi connectivity index (χ0v) is 60.9. The fourth-order valence-electron chi connectivity index (χ4n) is 9.69. The van der Waals surface area contributed by atoms with Crippen molar-refractivity contribution >= 4 is 39.5 Å². The molecule has 5 unspecified atom stereocenters. The van der Waals surface area contributed by atoms with Gasteiger partial charge in [-0.25, -0.2) is 9.13 Å². The van der Waals surface area contributed by atoms with Crippen molar-refractivity contribution in [3.8, 4) is 0 Å². The molecule has 5 atom stereocenters. The van der Waals surface area contributed by atoms with Crippen LogP contribution in [-0.2, 0) is 65.4 Å². The summed E-state index contributed by atoms with van der Waals surface area (Å²) in [5.74, 6) is -2.21. The van der Waals surface area contributed by atoms with Crippen LogP contribution < -0.4 is 0 Å². The standard InChI is InChI=1S/C75H132O17P2/c1-5-9-13-17-21-25-29-31-33-34-36-38-42-44-48-52-56-60-73(78)86-66-71(92-75(80)62-58-54-50-46-40-28-24-20-16-12-8-4)68-90-94(83,84)88-64-69(76)63-87-93(81,82)89-67-70(91-74(79)61-57-53-49-45-39-27-23-19-15-11-7-3)65-85-72(77)59-55-51-47-43-41-37-35-32-30-26-22-18-14-10-6-2/h9,13,20-22,24-26,31-33,35-36,38,69-71,76H,5-8,10-12,14-19,23,27-30,34,37,39-68H2,1-4H3,(H,81,82)(H,83,84)/b13-9-,24-20-,25-21-,26-22-,33-31-,35-32-,38-36-. The minimum absolute atomic E-state index is 0.0795. The number of ether oxygens (including phenoxy) is 4. The van der Waals surface area contributed by atoms with Gasteiger partial charge < -0.3 is 33.8 Å². The molecule has 0 aliphatic rings. The van der Waals surface area contributed by atoms with E-state index >= 15 is 0 Å². The first-order valence-corrected chi connectivity index (χ1v) is 39.8. The van der Waals surface area contributed by atoms with Gasteiger partial charge in [-0.1, -0.05) is 254 Å². The molecule has 17 nitrogen and oxygen atoms in total. The van der Waals surface area contributed by atoms with Gasteiger partial charge in [-0.2, -0.15) is 0 Å². The molecule has 0 amide bonds. The van der Waals surface area contributed by atoms with Crippen molar-refractivity contribution in [2.24, 2.45) is 0 Å². The predicted molar refractivity (Wildman–Crippen MR) is 381 cm³/mol. The van der Waals surface area contributed by atoms with Gasteiger partial charge in [-0.15, -0.1) is 0 Å². The van der Waals surface area contributed by atoms with Crippen LogP contribution in [0.15, 0.2) is 85.1 Å². The quantitative estimate of drug-likeness (QED) is 0.0169. The fraction of sp³-hybridized carbons (Fsp3) is 0.760. The third kappa shape index (κ3) is 66.8. The third-order valence-electron chi connectivity index (χ3n) is 15.3. The molecule has 0 aliphatic heterocycles. The average Bonchev–Trinajstić information content (AvgIpc) is 1.32. The highest BCUT2D eigenvalue weighted by Crippen LogP contribution is 2.45. The molecule has 19 heteroatoms. The maximum atomic E-state index is 13.0. The van der Waals surface area contributed by atoms with Crippen LogP contribution in [0.4, 0.5) is 0 Å². The van der Waals surface area contributed by atoms with Gasteiger partial charge in [0.2, 0.25) is 0 Å². The number of hydrogen-bond donors (Lipinski definition) is 3. The van der Waals surface area contributed by atoms with E-state index in [2.05, 4.69) is 113 Å². The second-order valence-electron chi connectivity index (χ2n) is 24.5. The summed E-state index contributed by atoms with van der Waals surface area (Å²) in [5, 5.41) is 10.6. The molecule has 0 saturated heterocycles. The van der Waals surface area contributed by atoms with Gasteiger partial charge >= 0.3 is 39.5 Å². The highest BCUT2D eigenvalue weighted by atomic mass is 31.2. The van der Waals surface area contributed by atoms with E-state index in [1.54, 1.807) is 0 Å². The molecule has 0 bridgehead atoms. The van der Waals surface area contributed by atoms with Gasteiger partial charge in [-0.3, -0.25) is 37.3 Å². The Bertz CT molecular complexity index is 2120. The largest absolute Gasteiger partial charge is 0.472 e. The maximum absolute atomic E-state index is 13.0. The highest BCUT2D eigenvalue weighted by molar-refractivity contribution is 7.47. The fourth-order valence-corrected chi connectivity index (χ4v) is 11.3. The first kappa shape index (κ1) is 90.2. The molecule has 0 fully saturated rings. The number of allylic oxidation sites excluding steroid dienone is 14. The second-order valence-corrected chi connectivity index (χ2v) is 27.4. The van der Waals surface area contributed by atoms with E-state index in [0.29, 0.717) is 25.7 Å². The first-order chi connectivity index (χ1) is 45.7. The van der Waals surface area contributed by atoms with Gasteiger partial charge in [0.05, 0.1) is 26.4 Å². The lowest BCUT2D eigenvalue weighted by Gasteiger charge is -2.21. The van der Waals surface area contributed by atoms with Crippen molar-refractivity contribution in [1.29, 1.82) is 0 Å². The van der Waals surface area contributed by atoms with E-state index in [1.807, 2.05) is 0 Å². The number of aliphatic hydroxyl groups is 1. The molecule has 0 saturated carbocycles. The van der Waals surface area contributed by atoms with Crippen molar-refractivity contribution in [2.45, 2.75) is 329 Å². The molecule has 0 aromatic carbocycles. The van der Waals surface area contributed by atoms with Crippen molar-refractivity contribution in [3.05, 3.63) is 85.1 Å². The Morgan fingerprint density at radius 3 is 0.915 bits per heavy atom. The summed E-state index contributed by atoms with van der Waals surface area (Å²) in [6, 6.07) is 0. The highest BCUT2D eigenvalue weighted by Gasteiger charge is 2.30. The zero-order valence-electron chi connectivity index (χ0n) is 59.1. The molecule has 0 rings (SSSR count). The molecule has 0 heterocycles. The van der Waals surface area contributed by atoms with Gasteiger partial charge in [0.15, 0.2) is 12.2 Å². The molecule has 94 heavy (non-hydrogen) atoms. The monoisotopic (exact) mass is 1370 g/mol. The van der Waals surface area contributed by atoms with Crippen molar-refractivity contribution in [1.82, 2.24) is 0 Å². The number of carbonyl (C=O) groups is 4. The van der Waals surface area contributed by atoms with Gasteiger partial charge in [0.1, 0.15) is 19.3 Å². The number of unbranched alkanes of at least 4 members (excludes halogenated alkanes) is 29. The number of esters is 4. The number of carbonyl (C=O) groups excluding carboxylic acids is 4. The number of rotatable bonds is 69. The lowest BCUT2D eigenvalue weighted by Crippen LogP contribution is -2.30. The van der Waals surface area contributed by atoms with E-state index in [0.717, 1.165) is 161 Å². The number of aliphatic hydroxyl groups excluding tert-OH is 1. The van der Waals surface area contributed by atoms with Crippen LogP contribution in [0.5, 0.6) is 0 Å². The third-order valence-corrected chi connectivity index (χ3v) is 17.2. The minimum Gasteiger partial charge on any atom is -0.462 e. The summed E-state index contributed by atoms with van der Waals surface area (Å²) < 4.78 is 68.3. The predicted octanol–water partition coefficient (Wildman–Crippen LogP) is 20.7. The van der Waals surface area contributed by atoms with Crippen LogP contribution in [0.25, 0.3) is 0 Å². The van der Waals surface area contributed by atoms with E-state index in [1.165, 1.54) is 70.6 Å². The van der Waals surface area contributed by atoms with Crippen LogP contribution in [0.1, 0.15) is 310 Å². The Morgan fingerprint density at radius 1 is 0.309 bits per heavy atom. The molecule has 0 aliphatic carbocycles. The molecule has 0 aromatic heterocycles. The minimum atomic E-state index is -4.97. The Kier molecular flexibility index (Phi) is 65.1. The van der Waals surface area contributed by atoms with E-state index in [9.17, 15) is 43.2 Å². The summed E-state index contributed by atoms with van der Waals surface area (Å²) in [5.41, 5.74) is 0.